The number of phenolic OH excluding ortho intramolecular Hbond substituents is 1. The summed E-state index contributed by atoms with van der Waals surface area (Å²) in [6.45, 7) is 4.53. The number of thioether (sulfide) groups is 1. The van der Waals surface area contributed by atoms with Crippen LogP contribution >= 0.6 is 11.8 Å². The molecule has 0 atom stereocenters. The van der Waals surface area contributed by atoms with Crippen LogP contribution in [-0.2, 0) is 0 Å². The topological polar surface area (TPSA) is 45.2 Å². The van der Waals surface area contributed by atoms with Gasteiger partial charge in [-0.25, -0.2) is 4.98 Å². The molecule has 1 heterocycles. The Morgan fingerprint density at radius 1 is 1.39 bits per heavy atom. The monoisotopic (exact) mass is 260 g/mol. The van der Waals surface area contributed by atoms with Crippen LogP contribution in [-0.4, -0.2) is 28.1 Å². The van der Waals surface area contributed by atoms with Crippen molar-refractivity contribution in [1.29, 1.82) is 0 Å². The molecule has 0 aliphatic heterocycles. The van der Waals surface area contributed by atoms with Gasteiger partial charge in [0.1, 0.15) is 11.6 Å². The lowest BCUT2D eigenvalue weighted by Gasteiger charge is -2.08. The zero-order chi connectivity index (χ0) is 12.8. The van der Waals surface area contributed by atoms with Crippen LogP contribution in [0.1, 0.15) is 0 Å². The summed E-state index contributed by atoms with van der Waals surface area (Å²) in [5.41, 5.74) is 0. The standard InChI is InChI=1S/C14H16N2OS/c1-2-8-18-9-7-16-14-13-10-12(17)4-3-11(13)5-6-15-14/h2-6,10,17H,1,7-9H2,(H,15,16). The third kappa shape index (κ3) is 3.17. The number of aromatic hydroxyl groups is 1. The molecule has 0 aliphatic carbocycles. The fourth-order valence-electron chi connectivity index (χ4n) is 1.71. The van der Waals surface area contributed by atoms with Gasteiger partial charge in [0.15, 0.2) is 0 Å². The minimum Gasteiger partial charge on any atom is -0.508 e. The van der Waals surface area contributed by atoms with Gasteiger partial charge in [-0.05, 0) is 23.6 Å². The summed E-state index contributed by atoms with van der Waals surface area (Å²) in [6, 6.07) is 7.25. The molecule has 1 aromatic carbocycles. The number of pyridine rings is 1. The van der Waals surface area contributed by atoms with Crippen LogP contribution in [0.4, 0.5) is 5.82 Å². The third-order valence-corrected chi connectivity index (χ3v) is 3.49. The van der Waals surface area contributed by atoms with E-state index in [0.717, 1.165) is 34.6 Å². The lowest BCUT2D eigenvalue weighted by Crippen LogP contribution is -2.06. The predicted molar refractivity (Wildman–Crippen MR) is 79.4 cm³/mol. The average molecular weight is 260 g/mol. The van der Waals surface area contributed by atoms with Crippen molar-refractivity contribution in [2.24, 2.45) is 0 Å². The number of fused-ring (bicyclic) bond motifs is 1. The number of nitrogens with one attached hydrogen (secondary N) is 1. The van der Waals surface area contributed by atoms with Crippen molar-refractivity contribution < 1.29 is 5.11 Å². The highest BCUT2D eigenvalue weighted by Gasteiger charge is 2.02. The molecule has 0 fully saturated rings. The highest BCUT2D eigenvalue weighted by atomic mass is 32.2. The van der Waals surface area contributed by atoms with E-state index in [1.165, 1.54) is 0 Å². The van der Waals surface area contributed by atoms with Gasteiger partial charge >= 0.3 is 0 Å². The van der Waals surface area contributed by atoms with Crippen LogP contribution in [0.5, 0.6) is 5.75 Å². The van der Waals surface area contributed by atoms with E-state index in [1.807, 2.05) is 30.0 Å². The Hall–Kier alpha value is -1.68. The summed E-state index contributed by atoms with van der Waals surface area (Å²) in [5.74, 6) is 3.05. The van der Waals surface area contributed by atoms with E-state index in [-0.39, 0.29) is 5.75 Å². The first-order chi connectivity index (χ1) is 8.81. The van der Waals surface area contributed by atoms with Crippen molar-refractivity contribution in [3.8, 4) is 5.75 Å². The number of hydrogen-bond donors (Lipinski definition) is 2. The first-order valence-corrected chi connectivity index (χ1v) is 6.97. The van der Waals surface area contributed by atoms with Crippen LogP contribution < -0.4 is 5.32 Å². The molecule has 3 nitrogen and oxygen atoms in total. The van der Waals surface area contributed by atoms with Crippen LogP contribution in [0.3, 0.4) is 0 Å². The lowest BCUT2D eigenvalue weighted by atomic mass is 10.1. The van der Waals surface area contributed by atoms with Gasteiger partial charge < -0.3 is 10.4 Å². The van der Waals surface area contributed by atoms with Crippen molar-refractivity contribution in [3.63, 3.8) is 0 Å². The maximum absolute atomic E-state index is 9.53. The van der Waals surface area contributed by atoms with Crippen molar-refractivity contribution in [2.75, 3.05) is 23.4 Å². The third-order valence-electron chi connectivity index (χ3n) is 2.52. The highest BCUT2D eigenvalue weighted by molar-refractivity contribution is 7.99. The number of aromatic nitrogens is 1. The van der Waals surface area contributed by atoms with Crippen LogP contribution in [0.25, 0.3) is 10.8 Å². The fourth-order valence-corrected chi connectivity index (χ4v) is 2.29. The molecule has 0 unspecified atom stereocenters. The Morgan fingerprint density at radius 3 is 3.11 bits per heavy atom. The number of hydrogen-bond acceptors (Lipinski definition) is 4. The van der Waals surface area contributed by atoms with E-state index < -0.39 is 0 Å². The summed E-state index contributed by atoms with van der Waals surface area (Å²) in [5, 5.41) is 14.8. The number of rotatable bonds is 6. The Bertz CT molecular complexity index is 542. The first-order valence-electron chi connectivity index (χ1n) is 5.81. The van der Waals surface area contributed by atoms with Crippen LogP contribution in [0, 0.1) is 0 Å². The second-order valence-electron chi connectivity index (χ2n) is 3.86. The SMILES string of the molecule is C=CCSCCNc1nccc2ccc(O)cc12. The predicted octanol–water partition coefficient (Wildman–Crippen LogP) is 3.27. The van der Waals surface area contributed by atoms with E-state index in [2.05, 4.69) is 16.9 Å². The zero-order valence-corrected chi connectivity index (χ0v) is 10.9. The molecule has 2 aromatic rings. The molecule has 18 heavy (non-hydrogen) atoms. The molecule has 0 saturated heterocycles. The number of anilines is 1. The summed E-state index contributed by atoms with van der Waals surface area (Å²) in [6.07, 6.45) is 3.68. The second kappa shape index (κ2) is 6.31. The Kier molecular flexibility index (Phi) is 4.47. The molecule has 0 aliphatic rings. The molecular formula is C14H16N2OS. The molecule has 1 aromatic heterocycles. The number of benzene rings is 1. The summed E-state index contributed by atoms with van der Waals surface area (Å²) in [4.78, 5) is 4.31. The molecule has 0 bridgehead atoms. The molecule has 2 N–H and O–H groups in total. The zero-order valence-electron chi connectivity index (χ0n) is 10.1. The number of nitrogens with zero attached hydrogens (tertiary/aromatic N) is 1. The minimum atomic E-state index is 0.264. The maximum atomic E-state index is 9.53. The van der Waals surface area contributed by atoms with E-state index in [4.69, 9.17) is 0 Å². The Balaban J connectivity index is 2.08. The molecule has 94 valence electrons. The van der Waals surface area contributed by atoms with Gasteiger partial charge in [-0.1, -0.05) is 12.1 Å². The van der Waals surface area contributed by atoms with Gasteiger partial charge in [0.05, 0.1) is 0 Å². The second-order valence-corrected chi connectivity index (χ2v) is 5.01. The molecule has 0 saturated carbocycles. The van der Waals surface area contributed by atoms with E-state index >= 15 is 0 Å². The maximum Gasteiger partial charge on any atom is 0.133 e. The summed E-state index contributed by atoms with van der Waals surface area (Å²) in [7, 11) is 0. The van der Waals surface area contributed by atoms with Gasteiger partial charge in [0, 0.05) is 29.6 Å². The minimum absolute atomic E-state index is 0.264. The van der Waals surface area contributed by atoms with Crippen LogP contribution in [0.2, 0.25) is 0 Å². The van der Waals surface area contributed by atoms with E-state index in [0.29, 0.717) is 0 Å². The summed E-state index contributed by atoms with van der Waals surface area (Å²) < 4.78 is 0. The molecule has 0 radical (unpaired) electrons. The quantitative estimate of drug-likeness (QED) is 0.618. The summed E-state index contributed by atoms with van der Waals surface area (Å²) >= 11 is 1.82. The van der Waals surface area contributed by atoms with E-state index in [9.17, 15) is 5.11 Å². The highest BCUT2D eigenvalue weighted by Crippen LogP contribution is 2.24. The molecule has 2 rings (SSSR count). The fraction of sp³-hybridized carbons (Fsp3) is 0.214. The molecule has 4 heteroatoms. The first kappa shape index (κ1) is 12.8. The van der Waals surface area contributed by atoms with Gasteiger partial charge in [0.2, 0.25) is 0 Å². The Labute approximate surface area is 111 Å². The van der Waals surface area contributed by atoms with Crippen molar-refractivity contribution in [3.05, 3.63) is 43.1 Å². The average Bonchev–Trinajstić information content (AvgIpc) is 2.39. The van der Waals surface area contributed by atoms with E-state index in [1.54, 1.807) is 18.3 Å². The van der Waals surface area contributed by atoms with Gasteiger partial charge in [-0.3, -0.25) is 0 Å². The van der Waals surface area contributed by atoms with Crippen molar-refractivity contribution in [1.82, 2.24) is 4.98 Å². The van der Waals surface area contributed by atoms with Gasteiger partial charge in [0.25, 0.3) is 0 Å². The Morgan fingerprint density at radius 2 is 2.28 bits per heavy atom. The molecule has 0 amide bonds. The van der Waals surface area contributed by atoms with Crippen molar-refractivity contribution in [2.45, 2.75) is 0 Å². The molecule has 0 spiro atoms. The lowest BCUT2D eigenvalue weighted by molar-refractivity contribution is 0.476. The normalized spacial score (nSPS) is 10.4. The number of phenols is 1. The largest absolute Gasteiger partial charge is 0.508 e. The molecular weight excluding hydrogens is 244 g/mol. The van der Waals surface area contributed by atoms with Gasteiger partial charge in [-0.2, -0.15) is 11.8 Å². The van der Waals surface area contributed by atoms with Crippen LogP contribution in [0.15, 0.2) is 43.1 Å². The van der Waals surface area contributed by atoms with Crippen molar-refractivity contribution >= 4 is 28.4 Å². The van der Waals surface area contributed by atoms with Gasteiger partial charge in [-0.15, -0.1) is 6.58 Å². The smallest absolute Gasteiger partial charge is 0.133 e.